The second-order valence-electron chi connectivity index (χ2n) is 5.83. The molecule has 24 heavy (non-hydrogen) atoms. The zero-order valence-electron chi connectivity index (χ0n) is 14.9. The molecule has 0 fully saturated rings. The lowest BCUT2D eigenvalue weighted by Crippen LogP contribution is -2.32. The summed E-state index contributed by atoms with van der Waals surface area (Å²) in [5.74, 6) is -0.208. The fourth-order valence-corrected chi connectivity index (χ4v) is 2.74. The van der Waals surface area contributed by atoms with Crippen molar-refractivity contribution in [3.8, 4) is 5.75 Å². The second-order valence-corrected chi connectivity index (χ2v) is 5.83. The maximum Gasteiger partial charge on any atom is 0.227 e. The van der Waals surface area contributed by atoms with Crippen molar-refractivity contribution in [2.75, 3.05) is 13.7 Å². The highest BCUT2D eigenvalue weighted by molar-refractivity contribution is 5.79. The summed E-state index contributed by atoms with van der Waals surface area (Å²) in [6.07, 6.45) is 0.304. The van der Waals surface area contributed by atoms with E-state index in [1.807, 2.05) is 27.8 Å². The van der Waals surface area contributed by atoms with Crippen LogP contribution in [0.4, 0.5) is 4.39 Å². The fourth-order valence-electron chi connectivity index (χ4n) is 2.74. The summed E-state index contributed by atoms with van der Waals surface area (Å²) >= 11 is 0. The van der Waals surface area contributed by atoms with Gasteiger partial charge in [0.2, 0.25) is 5.91 Å². The van der Waals surface area contributed by atoms with Gasteiger partial charge in [0.15, 0.2) is 11.6 Å². The monoisotopic (exact) mass is 333 g/mol. The number of halogens is 1. The van der Waals surface area contributed by atoms with Gasteiger partial charge in [-0.15, -0.1) is 0 Å². The minimum Gasteiger partial charge on any atom is -0.494 e. The predicted octanol–water partition coefficient (Wildman–Crippen LogP) is 2.78. The zero-order chi connectivity index (χ0) is 17.9. The van der Waals surface area contributed by atoms with Gasteiger partial charge in [-0.25, -0.2) is 4.39 Å². The summed E-state index contributed by atoms with van der Waals surface area (Å²) in [6, 6.07) is 4.77. The van der Waals surface area contributed by atoms with E-state index in [0.717, 1.165) is 22.5 Å². The summed E-state index contributed by atoms with van der Waals surface area (Å²) in [5, 5.41) is 4.35. The molecule has 0 aliphatic heterocycles. The molecule has 6 heteroatoms. The van der Waals surface area contributed by atoms with Crippen LogP contribution in [-0.4, -0.2) is 34.2 Å². The molecule has 0 spiro atoms. The third kappa shape index (κ3) is 3.75. The van der Waals surface area contributed by atoms with Crippen molar-refractivity contribution in [1.29, 1.82) is 0 Å². The first-order chi connectivity index (χ1) is 11.4. The van der Waals surface area contributed by atoms with Gasteiger partial charge in [0.1, 0.15) is 0 Å². The average Bonchev–Trinajstić information content (AvgIpc) is 2.79. The molecule has 0 radical (unpaired) electrons. The lowest BCUT2D eigenvalue weighted by atomic mass is 10.1. The summed E-state index contributed by atoms with van der Waals surface area (Å²) in [5.41, 5.74) is 3.56. The molecule has 0 unspecified atom stereocenters. The Morgan fingerprint density at radius 2 is 2.08 bits per heavy atom. The maximum absolute atomic E-state index is 13.8. The lowest BCUT2D eigenvalue weighted by Gasteiger charge is -2.21. The quantitative estimate of drug-likeness (QED) is 0.817. The molecule has 0 aliphatic rings. The Hall–Kier alpha value is -2.37. The van der Waals surface area contributed by atoms with Crippen LogP contribution in [0, 0.1) is 19.7 Å². The molecule has 2 rings (SSSR count). The minimum atomic E-state index is -0.419. The number of likely N-dealkylation sites (N-methyl/N-ethyl adjacent to an activating group) is 1. The number of aromatic nitrogens is 2. The molecule has 1 aromatic heterocycles. The summed E-state index contributed by atoms with van der Waals surface area (Å²) in [6.45, 7) is 6.71. The number of nitrogens with zero attached hydrogens (tertiary/aromatic N) is 3. The van der Waals surface area contributed by atoms with E-state index in [4.69, 9.17) is 4.74 Å². The number of benzene rings is 1. The van der Waals surface area contributed by atoms with Gasteiger partial charge >= 0.3 is 0 Å². The van der Waals surface area contributed by atoms with Gasteiger partial charge < -0.3 is 9.64 Å². The molecule has 0 saturated carbocycles. The van der Waals surface area contributed by atoms with Crippen molar-refractivity contribution in [2.24, 2.45) is 7.05 Å². The number of ether oxygens (including phenoxy) is 1. The molecule has 0 aliphatic carbocycles. The zero-order valence-corrected chi connectivity index (χ0v) is 14.9. The number of amides is 1. The Morgan fingerprint density at radius 3 is 2.58 bits per heavy atom. The minimum absolute atomic E-state index is 0.00734. The van der Waals surface area contributed by atoms with Gasteiger partial charge in [-0.2, -0.15) is 5.10 Å². The highest BCUT2D eigenvalue weighted by Gasteiger charge is 2.18. The normalized spacial score (nSPS) is 10.8. The van der Waals surface area contributed by atoms with Crippen LogP contribution in [0.25, 0.3) is 0 Å². The number of carbonyl (C=O) groups excluding carboxylic acids is 1. The van der Waals surface area contributed by atoms with Crippen LogP contribution in [-0.2, 0) is 24.8 Å². The van der Waals surface area contributed by atoms with Crippen LogP contribution in [0.1, 0.15) is 29.4 Å². The van der Waals surface area contributed by atoms with Crippen molar-refractivity contribution in [3.63, 3.8) is 0 Å². The van der Waals surface area contributed by atoms with Crippen molar-refractivity contribution in [3.05, 3.63) is 46.5 Å². The van der Waals surface area contributed by atoms with E-state index in [1.165, 1.54) is 13.2 Å². The highest BCUT2D eigenvalue weighted by Crippen LogP contribution is 2.19. The first-order valence-electron chi connectivity index (χ1n) is 7.96. The standard InChI is InChI=1S/C18H24FN3O2/c1-6-22(11-14-7-8-17(24-5)16(19)9-14)18(23)10-15-12(2)20-21(4)13(15)3/h7-9H,6,10-11H2,1-5H3. The smallest absolute Gasteiger partial charge is 0.227 e. The molecule has 1 amide bonds. The number of rotatable bonds is 6. The van der Waals surface area contributed by atoms with Crippen LogP contribution >= 0.6 is 0 Å². The van der Waals surface area contributed by atoms with Gasteiger partial charge in [0, 0.05) is 31.4 Å². The van der Waals surface area contributed by atoms with Crippen LogP contribution in [0.2, 0.25) is 0 Å². The van der Waals surface area contributed by atoms with Crippen LogP contribution in [0.15, 0.2) is 18.2 Å². The Bertz CT molecular complexity index is 740. The molecule has 0 saturated heterocycles. The van der Waals surface area contributed by atoms with Crippen molar-refractivity contribution in [2.45, 2.75) is 33.7 Å². The molecular weight excluding hydrogens is 309 g/mol. The topological polar surface area (TPSA) is 47.4 Å². The number of carbonyl (C=O) groups is 1. The van der Waals surface area contributed by atoms with E-state index in [9.17, 15) is 9.18 Å². The van der Waals surface area contributed by atoms with E-state index in [-0.39, 0.29) is 11.7 Å². The summed E-state index contributed by atoms with van der Waals surface area (Å²) in [7, 11) is 3.30. The number of aryl methyl sites for hydroxylation is 2. The SMILES string of the molecule is CCN(Cc1ccc(OC)c(F)c1)C(=O)Cc1c(C)nn(C)c1C. The maximum atomic E-state index is 13.8. The predicted molar refractivity (Wildman–Crippen MR) is 90.4 cm³/mol. The molecule has 1 aromatic carbocycles. The van der Waals surface area contributed by atoms with Crippen LogP contribution < -0.4 is 4.74 Å². The largest absolute Gasteiger partial charge is 0.494 e. The molecule has 0 N–H and O–H groups in total. The molecule has 0 bridgehead atoms. The fraction of sp³-hybridized carbons (Fsp3) is 0.444. The molecule has 1 heterocycles. The third-order valence-corrected chi connectivity index (χ3v) is 4.31. The van der Waals surface area contributed by atoms with Gasteiger partial charge in [0.05, 0.1) is 19.2 Å². The number of hydrogen-bond acceptors (Lipinski definition) is 3. The molecule has 130 valence electrons. The number of hydrogen-bond donors (Lipinski definition) is 0. The third-order valence-electron chi connectivity index (χ3n) is 4.31. The first-order valence-corrected chi connectivity index (χ1v) is 7.96. The van der Waals surface area contributed by atoms with E-state index in [0.29, 0.717) is 19.5 Å². The van der Waals surface area contributed by atoms with Gasteiger partial charge in [0.25, 0.3) is 0 Å². The average molecular weight is 333 g/mol. The van der Waals surface area contributed by atoms with Gasteiger partial charge in [-0.1, -0.05) is 6.07 Å². The second kappa shape index (κ2) is 7.47. The van der Waals surface area contributed by atoms with Crippen LogP contribution in [0.3, 0.4) is 0 Å². The van der Waals surface area contributed by atoms with E-state index in [1.54, 1.807) is 21.7 Å². The van der Waals surface area contributed by atoms with Crippen LogP contribution in [0.5, 0.6) is 5.75 Å². The Morgan fingerprint density at radius 1 is 1.38 bits per heavy atom. The van der Waals surface area contributed by atoms with Gasteiger partial charge in [-0.3, -0.25) is 9.48 Å². The molecule has 5 nitrogen and oxygen atoms in total. The van der Waals surface area contributed by atoms with E-state index >= 15 is 0 Å². The highest BCUT2D eigenvalue weighted by atomic mass is 19.1. The first kappa shape index (κ1) is 18.0. The summed E-state index contributed by atoms with van der Waals surface area (Å²) in [4.78, 5) is 14.4. The van der Waals surface area contributed by atoms with Gasteiger partial charge in [-0.05, 0) is 38.5 Å². The number of methoxy groups -OCH3 is 1. The Balaban J connectivity index is 2.13. The molecule has 0 atom stereocenters. The van der Waals surface area contributed by atoms with Crippen molar-refractivity contribution >= 4 is 5.91 Å². The summed E-state index contributed by atoms with van der Waals surface area (Å²) < 4.78 is 20.5. The Kier molecular flexibility index (Phi) is 5.59. The lowest BCUT2D eigenvalue weighted by molar-refractivity contribution is -0.130. The van der Waals surface area contributed by atoms with E-state index < -0.39 is 5.82 Å². The molecular formula is C18H24FN3O2. The molecule has 2 aromatic rings. The van der Waals surface area contributed by atoms with Crippen molar-refractivity contribution < 1.29 is 13.9 Å². The Labute approximate surface area is 142 Å². The van der Waals surface area contributed by atoms with E-state index in [2.05, 4.69) is 5.10 Å². The van der Waals surface area contributed by atoms with Crippen molar-refractivity contribution in [1.82, 2.24) is 14.7 Å².